The van der Waals surface area contributed by atoms with Crippen LogP contribution in [-0.2, 0) is 15.0 Å². The molecule has 2 amide bonds. The Morgan fingerprint density at radius 3 is 2.38 bits per heavy atom. The number of rotatable bonds is 7. The third-order valence-electron chi connectivity index (χ3n) is 3.97. The second-order valence-corrected chi connectivity index (χ2v) is 7.02. The Kier molecular flexibility index (Phi) is 9.01. The summed E-state index contributed by atoms with van der Waals surface area (Å²) in [5.41, 5.74) is 7.92. The molecule has 0 saturated carbocycles. The van der Waals surface area contributed by atoms with Crippen molar-refractivity contribution in [1.82, 2.24) is 10.6 Å². The first-order chi connectivity index (χ1) is 10.6. The molecule has 6 heteroatoms. The maximum atomic E-state index is 11.9. The van der Waals surface area contributed by atoms with Gasteiger partial charge < -0.3 is 16.4 Å². The van der Waals surface area contributed by atoms with Gasteiger partial charge in [0.2, 0.25) is 11.8 Å². The van der Waals surface area contributed by atoms with Crippen LogP contribution in [0.5, 0.6) is 0 Å². The number of amides is 2. The molecular formula is C18H30ClN3O2. The van der Waals surface area contributed by atoms with E-state index in [1.54, 1.807) is 0 Å². The minimum Gasteiger partial charge on any atom is -0.354 e. The van der Waals surface area contributed by atoms with Gasteiger partial charge in [-0.05, 0) is 18.4 Å². The zero-order valence-electron chi connectivity index (χ0n) is 15.2. The van der Waals surface area contributed by atoms with E-state index in [0.717, 1.165) is 0 Å². The molecule has 0 unspecified atom stereocenters. The van der Waals surface area contributed by atoms with E-state index in [9.17, 15) is 9.59 Å². The Morgan fingerprint density at radius 2 is 1.83 bits per heavy atom. The van der Waals surface area contributed by atoms with Crippen LogP contribution in [0.2, 0.25) is 0 Å². The molecule has 0 bridgehead atoms. The van der Waals surface area contributed by atoms with Crippen molar-refractivity contribution in [3.05, 3.63) is 35.4 Å². The summed E-state index contributed by atoms with van der Waals surface area (Å²) in [7, 11) is 0. The first kappa shape index (κ1) is 22.4. The zero-order chi connectivity index (χ0) is 17.6. The molecule has 0 aliphatic heterocycles. The molecule has 0 aliphatic carbocycles. The number of hydrogen-bond acceptors (Lipinski definition) is 3. The van der Waals surface area contributed by atoms with Gasteiger partial charge in [0.05, 0.1) is 12.6 Å². The molecule has 0 fully saturated rings. The number of halogens is 1. The topological polar surface area (TPSA) is 84.2 Å². The van der Waals surface area contributed by atoms with Gasteiger partial charge in [-0.1, -0.05) is 57.5 Å². The van der Waals surface area contributed by atoms with E-state index in [1.165, 1.54) is 11.1 Å². The van der Waals surface area contributed by atoms with Crippen molar-refractivity contribution in [2.75, 3.05) is 13.1 Å². The van der Waals surface area contributed by atoms with Crippen molar-refractivity contribution in [3.8, 4) is 0 Å². The molecule has 1 aromatic carbocycles. The summed E-state index contributed by atoms with van der Waals surface area (Å²) in [5, 5.41) is 5.44. The molecule has 0 aliphatic rings. The van der Waals surface area contributed by atoms with Gasteiger partial charge in [-0.15, -0.1) is 12.4 Å². The third-order valence-corrected chi connectivity index (χ3v) is 3.97. The van der Waals surface area contributed by atoms with Gasteiger partial charge in [-0.3, -0.25) is 9.59 Å². The van der Waals surface area contributed by atoms with E-state index in [1.807, 2.05) is 32.9 Å². The first-order valence-corrected chi connectivity index (χ1v) is 8.00. The minimum absolute atomic E-state index is 0. The smallest absolute Gasteiger partial charge is 0.239 e. The molecule has 24 heavy (non-hydrogen) atoms. The zero-order valence-corrected chi connectivity index (χ0v) is 16.0. The predicted octanol–water partition coefficient (Wildman–Crippen LogP) is 1.91. The van der Waals surface area contributed by atoms with Gasteiger partial charge in [0.25, 0.3) is 0 Å². The van der Waals surface area contributed by atoms with Gasteiger partial charge in [-0.2, -0.15) is 0 Å². The number of nitrogens with one attached hydrogen (secondary N) is 2. The lowest BCUT2D eigenvalue weighted by Crippen LogP contribution is -2.48. The van der Waals surface area contributed by atoms with E-state index in [-0.39, 0.29) is 42.1 Å². The lowest BCUT2D eigenvalue weighted by Gasteiger charge is -2.26. The quantitative estimate of drug-likeness (QED) is 0.698. The van der Waals surface area contributed by atoms with Crippen LogP contribution in [0.1, 0.15) is 38.8 Å². The van der Waals surface area contributed by atoms with Crippen molar-refractivity contribution in [2.45, 2.75) is 46.1 Å². The average Bonchev–Trinajstić information content (AvgIpc) is 2.49. The summed E-state index contributed by atoms with van der Waals surface area (Å²) >= 11 is 0. The van der Waals surface area contributed by atoms with Crippen molar-refractivity contribution in [1.29, 1.82) is 0 Å². The first-order valence-electron chi connectivity index (χ1n) is 8.00. The van der Waals surface area contributed by atoms with Gasteiger partial charge in [0.15, 0.2) is 0 Å². The Bertz CT molecular complexity index is 559. The summed E-state index contributed by atoms with van der Waals surface area (Å²) in [6, 6.07) is 7.65. The largest absolute Gasteiger partial charge is 0.354 e. The van der Waals surface area contributed by atoms with Gasteiger partial charge >= 0.3 is 0 Å². The third kappa shape index (κ3) is 6.89. The fraction of sp³-hybridized carbons (Fsp3) is 0.556. The van der Waals surface area contributed by atoms with E-state index in [2.05, 4.69) is 36.6 Å². The molecule has 5 nitrogen and oxygen atoms in total. The van der Waals surface area contributed by atoms with E-state index in [0.29, 0.717) is 6.54 Å². The molecule has 4 N–H and O–H groups in total. The van der Waals surface area contributed by atoms with Gasteiger partial charge in [0, 0.05) is 12.0 Å². The monoisotopic (exact) mass is 355 g/mol. The van der Waals surface area contributed by atoms with E-state index in [4.69, 9.17) is 5.73 Å². The molecule has 0 aromatic heterocycles. The van der Waals surface area contributed by atoms with E-state index < -0.39 is 6.04 Å². The lowest BCUT2D eigenvalue weighted by molar-refractivity contribution is -0.127. The average molecular weight is 356 g/mol. The highest BCUT2D eigenvalue weighted by Gasteiger charge is 2.22. The standard InChI is InChI=1S/C18H29N3O2.ClH/c1-12(2)16(19)17(23)20-10-15(22)21-11-18(4,5)14-8-6-7-13(3)9-14;/h6-9,12,16H,10-11,19H2,1-5H3,(H,20,23)(H,21,22);1H/t16-;/m0./s1. The maximum absolute atomic E-state index is 11.9. The summed E-state index contributed by atoms with van der Waals surface area (Å²) < 4.78 is 0. The SMILES string of the molecule is Cc1cccc(C(C)(C)CNC(=O)CNC(=O)[C@@H](N)C(C)C)c1.Cl. The summed E-state index contributed by atoms with van der Waals surface area (Å²) in [5.74, 6) is -0.471. The molecule has 1 atom stereocenters. The van der Waals surface area contributed by atoms with Crippen LogP contribution in [0.4, 0.5) is 0 Å². The van der Waals surface area contributed by atoms with Crippen molar-refractivity contribution in [3.63, 3.8) is 0 Å². The molecule has 136 valence electrons. The molecule has 0 heterocycles. The number of nitrogens with two attached hydrogens (primary N) is 1. The molecule has 1 rings (SSSR count). The Balaban J connectivity index is 0.00000529. The fourth-order valence-corrected chi connectivity index (χ4v) is 2.14. The van der Waals surface area contributed by atoms with Crippen LogP contribution in [0.15, 0.2) is 24.3 Å². The van der Waals surface area contributed by atoms with Crippen molar-refractivity contribution >= 4 is 24.2 Å². The highest BCUT2D eigenvalue weighted by atomic mass is 35.5. The van der Waals surface area contributed by atoms with Crippen LogP contribution < -0.4 is 16.4 Å². The summed E-state index contributed by atoms with van der Waals surface area (Å²) in [4.78, 5) is 23.7. The second-order valence-electron chi connectivity index (χ2n) is 7.02. The summed E-state index contributed by atoms with van der Waals surface area (Å²) in [6.45, 7) is 10.4. The number of carbonyl (C=O) groups excluding carboxylic acids is 2. The van der Waals surface area contributed by atoms with Gasteiger partial charge in [0.1, 0.15) is 0 Å². The van der Waals surface area contributed by atoms with Crippen molar-refractivity contribution in [2.24, 2.45) is 11.7 Å². The molecule has 0 radical (unpaired) electrons. The Morgan fingerprint density at radius 1 is 1.21 bits per heavy atom. The minimum atomic E-state index is -0.591. The second kappa shape index (κ2) is 9.64. The normalized spacial score (nSPS) is 12.3. The van der Waals surface area contributed by atoms with Crippen LogP contribution in [-0.4, -0.2) is 30.9 Å². The number of carbonyl (C=O) groups is 2. The van der Waals surface area contributed by atoms with Crippen LogP contribution >= 0.6 is 12.4 Å². The van der Waals surface area contributed by atoms with Gasteiger partial charge in [-0.25, -0.2) is 0 Å². The Labute approximate surface area is 151 Å². The highest BCUT2D eigenvalue weighted by molar-refractivity contribution is 5.87. The predicted molar refractivity (Wildman–Crippen MR) is 100 cm³/mol. The lowest BCUT2D eigenvalue weighted by atomic mass is 9.84. The van der Waals surface area contributed by atoms with E-state index >= 15 is 0 Å². The molecule has 1 aromatic rings. The number of benzene rings is 1. The molecule has 0 saturated heterocycles. The molecular weight excluding hydrogens is 326 g/mol. The number of hydrogen-bond donors (Lipinski definition) is 3. The Hall–Kier alpha value is -1.59. The maximum Gasteiger partial charge on any atom is 0.239 e. The fourth-order valence-electron chi connectivity index (χ4n) is 2.14. The molecule has 0 spiro atoms. The number of aryl methyl sites for hydroxylation is 1. The van der Waals surface area contributed by atoms with Crippen LogP contribution in [0.3, 0.4) is 0 Å². The van der Waals surface area contributed by atoms with Crippen molar-refractivity contribution < 1.29 is 9.59 Å². The summed E-state index contributed by atoms with van der Waals surface area (Å²) in [6.07, 6.45) is 0. The van der Waals surface area contributed by atoms with Crippen LogP contribution in [0, 0.1) is 12.8 Å². The highest BCUT2D eigenvalue weighted by Crippen LogP contribution is 2.22. The van der Waals surface area contributed by atoms with Crippen LogP contribution in [0.25, 0.3) is 0 Å².